The first-order valence-electron chi connectivity index (χ1n) is 8.85. The van der Waals surface area contributed by atoms with Crippen molar-refractivity contribution >= 4 is 11.6 Å². The monoisotopic (exact) mass is 370 g/mol. The summed E-state index contributed by atoms with van der Waals surface area (Å²) < 4.78 is 31.8. The lowest BCUT2D eigenvalue weighted by molar-refractivity contribution is -0.0148. The maximum atomic E-state index is 5.61. The van der Waals surface area contributed by atoms with Gasteiger partial charge in [0.05, 0.1) is 66.1 Å². The Kier molecular flexibility index (Phi) is 23.1. The van der Waals surface area contributed by atoms with E-state index in [0.717, 1.165) is 25.3 Å². The van der Waals surface area contributed by atoms with Crippen LogP contribution < -0.4 is 0 Å². The van der Waals surface area contributed by atoms with E-state index in [1.807, 2.05) is 0 Å². The van der Waals surface area contributed by atoms with Crippen LogP contribution >= 0.6 is 11.6 Å². The van der Waals surface area contributed by atoms with E-state index < -0.39 is 0 Å². The van der Waals surface area contributed by atoms with Crippen LogP contribution in [-0.4, -0.2) is 85.7 Å². The minimum absolute atomic E-state index is 0.570. The second kappa shape index (κ2) is 23.1. The van der Waals surface area contributed by atoms with Crippen LogP contribution in [0.1, 0.15) is 25.7 Å². The Labute approximate surface area is 152 Å². The van der Waals surface area contributed by atoms with Gasteiger partial charge in [-0.05, 0) is 12.8 Å². The second-order valence-electron chi connectivity index (χ2n) is 5.16. The quantitative estimate of drug-likeness (QED) is 0.228. The number of alkyl halides is 1. The molecule has 0 saturated heterocycles. The molecule has 6 nitrogen and oxygen atoms in total. The molecule has 0 bridgehead atoms. The summed E-state index contributed by atoms with van der Waals surface area (Å²) >= 11 is 5.61. The summed E-state index contributed by atoms with van der Waals surface area (Å²) in [6.07, 6.45) is 4.56. The van der Waals surface area contributed by atoms with Gasteiger partial charge in [0.1, 0.15) is 0 Å². The molecule has 0 atom stereocenters. The highest BCUT2D eigenvalue weighted by molar-refractivity contribution is 6.17. The Morgan fingerprint density at radius 2 is 0.833 bits per heavy atom. The van der Waals surface area contributed by atoms with Crippen molar-refractivity contribution in [3.63, 3.8) is 0 Å². The van der Waals surface area contributed by atoms with Gasteiger partial charge in [-0.3, -0.25) is 0 Å². The predicted octanol–water partition coefficient (Wildman–Crippen LogP) is 2.52. The molecule has 0 amide bonds. The van der Waals surface area contributed by atoms with Crippen LogP contribution in [-0.2, 0) is 28.4 Å². The fraction of sp³-hybridized carbons (Fsp3) is 1.00. The van der Waals surface area contributed by atoms with Gasteiger partial charge in [-0.1, -0.05) is 12.8 Å². The van der Waals surface area contributed by atoms with Crippen LogP contribution in [0.15, 0.2) is 0 Å². The normalized spacial score (nSPS) is 11.2. The predicted molar refractivity (Wildman–Crippen MR) is 95.2 cm³/mol. The molecule has 0 aromatic rings. The fourth-order valence-corrected chi connectivity index (χ4v) is 1.97. The molecule has 0 fully saturated rings. The molecule has 0 N–H and O–H groups in total. The summed E-state index contributed by atoms with van der Waals surface area (Å²) in [5, 5.41) is 0. The molecule has 146 valence electrons. The van der Waals surface area contributed by atoms with Crippen molar-refractivity contribution in [1.29, 1.82) is 0 Å². The van der Waals surface area contributed by atoms with Crippen molar-refractivity contribution in [3.8, 4) is 0 Å². The Balaban J connectivity index is 2.93. The number of ether oxygens (including phenoxy) is 6. The van der Waals surface area contributed by atoms with Gasteiger partial charge < -0.3 is 28.4 Å². The summed E-state index contributed by atoms with van der Waals surface area (Å²) in [4.78, 5) is 0. The topological polar surface area (TPSA) is 55.4 Å². The molecule has 0 rings (SSSR count). The smallest absolute Gasteiger partial charge is 0.0701 e. The zero-order valence-corrected chi connectivity index (χ0v) is 15.9. The minimum Gasteiger partial charge on any atom is -0.382 e. The maximum absolute atomic E-state index is 5.61. The fourth-order valence-electron chi connectivity index (χ4n) is 1.78. The van der Waals surface area contributed by atoms with Gasteiger partial charge in [-0.25, -0.2) is 0 Å². The van der Waals surface area contributed by atoms with Crippen LogP contribution in [0.4, 0.5) is 0 Å². The van der Waals surface area contributed by atoms with Crippen LogP contribution in [0.5, 0.6) is 0 Å². The van der Waals surface area contributed by atoms with Crippen molar-refractivity contribution in [2.45, 2.75) is 25.7 Å². The Morgan fingerprint density at radius 1 is 0.458 bits per heavy atom. The first-order valence-corrected chi connectivity index (χ1v) is 9.39. The molecular formula is C17H35ClO6. The van der Waals surface area contributed by atoms with Crippen molar-refractivity contribution < 1.29 is 28.4 Å². The van der Waals surface area contributed by atoms with E-state index in [4.69, 9.17) is 40.0 Å². The molecule has 0 aliphatic heterocycles. The van der Waals surface area contributed by atoms with E-state index in [1.165, 1.54) is 12.8 Å². The highest BCUT2D eigenvalue weighted by Gasteiger charge is 1.94. The summed E-state index contributed by atoms with van der Waals surface area (Å²) in [5.41, 5.74) is 0. The molecule has 0 aliphatic rings. The van der Waals surface area contributed by atoms with E-state index in [2.05, 4.69) is 0 Å². The Bertz CT molecular complexity index is 199. The first-order chi connectivity index (χ1) is 11.9. The zero-order chi connectivity index (χ0) is 17.6. The van der Waals surface area contributed by atoms with Gasteiger partial charge in [0.2, 0.25) is 0 Å². The van der Waals surface area contributed by atoms with Crippen molar-refractivity contribution in [2.24, 2.45) is 0 Å². The number of halogens is 1. The van der Waals surface area contributed by atoms with Gasteiger partial charge in [0, 0.05) is 19.6 Å². The first kappa shape index (κ1) is 24.1. The summed E-state index contributed by atoms with van der Waals surface area (Å²) in [5.74, 6) is 0.756. The average molecular weight is 371 g/mol. The van der Waals surface area contributed by atoms with Crippen LogP contribution in [0.3, 0.4) is 0 Å². The number of hydrogen-bond acceptors (Lipinski definition) is 6. The standard InChI is InChI=1S/C17H35ClO6/c1-19-8-9-21-12-13-23-16-17-24-15-14-22-11-10-20-7-5-3-2-4-6-18/h2-17H2,1H3. The number of hydrogen-bond donors (Lipinski definition) is 0. The highest BCUT2D eigenvalue weighted by Crippen LogP contribution is 2.00. The van der Waals surface area contributed by atoms with Crippen LogP contribution in [0.2, 0.25) is 0 Å². The zero-order valence-electron chi connectivity index (χ0n) is 15.1. The van der Waals surface area contributed by atoms with E-state index in [0.29, 0.717) is 66.1 Å². The van der Waals surface area contributed by atoms with Gasteiger partial charge in [0.15, 0.2) is 0 Å². The minimum atomic E-state index is 0.570. The summed E-state index contributed by atoms with van der Waals surface area (Å²) in [6.45, 7) is 6.73. The Morgan fingerprint density at radius 3 is 1.25 bits per heavy atom. The third-order valence-corrected chi connectivity index (χ3v) is 3.36. The van der Waals surface area contributed by atoms with Crippen molar-refractivity contribution in [3.05, 3.63) is 0 Å². The van der Waals surface area contributed by atoms with Crippen molar-refractivity contribution in [1.82, 2.24) is 0 Å². The third kappa shape index (κ3) is 22.1. The number of methoxy groups -OCH3 is 1. The largest absolute Gasteiger partial charge is 0.382 e. The number of unbranched alkanes of at least 4 members (excludes halogenated alkanes) is 3. The lowest BCUT2D eigenvalue weighted by Gasteiger charge is -2.08. The summed E-state index contributed by atoms with van der Waals surface area (Å²) in [6, 6.07) is 0. The molecule has 0 aliphatic carbocycles. The lowest BCUT2D eigenvalue weighted by Crippen LogP contribution is -2.14. The highest BCUT2D eigenvalue weighted by atomic mass is 35.5. The molecule has 0 unspecified atom stereocenters. The maximum Gasteiger partial charge on any atom is 0.0701 e. The molecule has 0 radical (unpaired) electrons. The molecule has 0 spiro atoms. The molecule has 0 saturated carbocycles. The molecular weight excluding hydrogens is 336 g/mol. The van der Waals surface area contributed by atoms with Crippen LogP contribution in [0.25, 0.3) is 0 Å². The average Bonchev–Trinajstić information content (AvgIpc) is 2.60. The molecule has 7 heteroatoms. The van der Waals surface area contributed by atoms with Crippen LogP contribution in [0, 0.1) is 0 Å². The molecule has 0 aromatic carbocycles. The lowest BCUT2D eigenvalue weighted by atomic mass is 10.2. The third-order valence-electron chi connectivity index (χ3n) is 3.09. The Hall–Kier alpha value is 0.0500. The number of rotatable bonds is 21. The summed E-state index contributed by atoms with van der Waals surface area (Å²) in [7, 11) is 1.65. The second-order valence-corrected chi connectivity index (χ2v) is 5.54. The van der Waals surface area contributed by atoms with E-state index in [9.17, 15) is 0 Å². The van der Waals surface area contributed by atoms with E-state index in [1.54, 1.807) is 7.11 Å². The van der Waals surface area contributed by atoms with Gasteiger partial charge >= 0.3 is 0 Å². The SMILES string of the molecule is COCCOCCOCCOCCOCCOCCCCCCCl. The van der Waals surface area contributed by atoms with Gasteiger partial charge in [0.25, 0.3) is 0 Å². The van der Waals surface area contributed by atoms with Gasteiger partial charge in [-0.15, -0.1) is 11.6 Å². The van der Waals surface area contributed by atoms with Gasteiger partial charge in [-0.2, -0.15) is 0 Å². The van der Waals surface area contributed by atoms with Crippen molar-refractivity contribution in [2.75, 3.05) is 85.7 Å². The van der Waals surface area contributed by atoms with E-state index >= 15 is 0 Å². The molecule has 24 heavy (non-hydrogen) atoms. The molecule has 0 aromatic heterocycles. The van der Waals surface area contributed by atoms with E-state index in [-0.39, 0.29) is 0 Å². The molecule has 0 heterocycles.